The normalized spacial score (nSPS) is 16.3. The third-order valence-electron chi connectivity index (χ3n) is 2.96. The van der Waals surface area contributed by atoms with Crippen LogP contribution in [-0.4, -0.2) is 43.7 Å². The number of benzene rings is 1. The first-order valence-electron chi connectivity index (χ1n) is 6.16. The van der Waals surface area contributed by atoms with Gasteiger partial charge in [-0.2, -0.15) is 0 Å². The molecule has 1 aromatic carbocycles. The maximum Gasteiger partial charge on any atom is 0.234 e. The van der Waals surface area contributed by atoms with Gasteiger partial charge in [-0.3, -0.25) is 9.69 Å². The summed E-state index contributed by atoms with van der Waals surface area (Å²) < 4.78 is 5.23. The van der Waals surface area contributed by atoms with Gasteiger partial charge in [0.15, 0.2) is 0 Å². The van der Waals surface area contributed by atoms with Gasteiger partial charge in [-0.05, 0) is 17.7 Å². The number of carbonyl (C=O) groups is 1. The van der Waals surface area contributed by atoms with E-state index >= 15 is 0 Å². The fourth-order valence-electron chi connectivity index (χ4n) is 1.88. The molecule has 1 heterocycles. The third-order valence-corrected chi connectivity index (χ3v) is 3.55. The van der Waals surface area contributed by atoms with Crippen LogP contribution < -0.4 is 5.32 Å². The van der Waals surface area contributed by atoms with Gasteiger partial charge in [-0.15, -0.1) is 0 Å². The predicted molar refractivity (Wildman–Crippen MR) is 75.6 cm³/mol. The Morgan fingerprint density at radius 2 is 2.05 bits per heavy atom. The Bertz CT molecular complexity index is 448. The number of amides is 1. The van der Waals surface area contributed by atoms with E-state index in [9.17, 15) is 4.79 Å². The Kier molecular flexibility index (Phi) is 5.45. The van der Waals surface area contributed by atoms with Gasteiger partial charge in [-0.25, -0.2) is 0 Å². The molecule has 0 aromatic heterocycles. The van der Waals surface area contributed by atoms with Gasteiger partial charge < -0.3 is 10.1 Å². The maximum absolute atomic E-state index is 11.8. The molecule has 1 aliphatic heterocycles. The number of hydrogen-bond acceptors (Lipinski definition) is 3. The van der Waals surface area contributed by atoms with Crippen molar-refractivity contribution in [2.75, 3.05) is 32.8 Å². The van der Waals surface area contributed by atoms with Gasteiger partial charge in [0.05, 0.1) is 19.8 Å². The van der Waals surface area contributed by atoms with Crippen molar-refractivity contribution in [1.82, 2.24) is 10.2 Å². The van der Waals surface area contributed by atoms with Gasteiger partial charge in [0.1, 0.15) is 0 Å². The average molecular weight is 303 g/mol. The van der Waals surface area contributed by atoms with Crippen molar-refractivity contribution in [3.05, 3.63) is 33.8 Å². The van der Waals surface area contributed by atoms with Crippen molar-refractivity contribution < 1.29 is 9.53 Å². The Balaban J connectivity index is 1.79. The standard InChI is InChI=1S/C13H16Cl2N2O2/c14-11-2-1-10(12(15)7-11)8-16-13(18)9-17-3-5-19-6-4-17/h1-2,7H,3-6,8-9H2,(H,16,18). The van der Waals surface area contributed by atoms with Gasteiger partial charge in [0.2, 0.25) is 5.91 Å². The number of carbonyl (C=O) groups excluding carboxylic acids is 1. The van der Waals surface area contributed by atoms with E-state index in [1.165, 1.54) is 0 Å². The van der Waals surface area contributed by atoms with Gasteiger partial charge >= 0.3 is 0 Å². The zero-order valence-electron chi connectivity index (χ0n) is 10.5. The van der Waals surface area contributed by atoms with Gasteiger partial charge in [0.25, 0.3) is 0 Å². The quantitative estimate of drug-likeness (QED) is 0.924. The van der Waals surface area contributed by atoms with Crippen LogP contribution in [0.5, 0.6) is 0 Å². The molecule has 0 unspecified atom stereocenters. The number of ether oxygens (including phenoxy) is 1. The van der Waals surface area contributed by atoms with Crippen molar-refractivity contribution >= 4 is 29.1 Å². The van der Waals surface area contributed by atoms with E-state index in [4.69, 9.17) is 27.9 Å². The number of morpholine rings is 1. The molecular weight excluding hydrogens is 287 g/mol. The zero-order valence-corrected chi connectivity index (χ0v) is 12.0. The van der Waals surface area contributed by atoms with E-state index in [2.05, 4.69) is 10.2 Å². The van der Waals surface area contributed by atoms with Crippen LogP contribution in [0.2, 0.25) is 10.0 Å². The van der Waals surface area contributed by atoms with Crippen LogP contribution in [0.1, 0.15) is 5.56 Å². The highest BCUT2D eigenvalue weighted by molar-refractivity contribution is 6.35. The van der Waals surface area contributed by atoms with E-state index in [0.29, 0.717) is 36.3 Å². The van der Waals surface area contributed by atoms with Crippen molar-refractivity contribution in [1.29, 1.82) is 0 Å². The highest BCUT2D eigenvalue weighted by atomic mass is 35.5. The molecule has 1 fully saturated rings. The molecule has 104 valence electrons. The topological polar surface area (TPSA) is 41.6 Å². The van der Waals surface area contributed by atoms with Crippen LogP contribution in [0.15, 0.2) is 18.2 Å². The third kappa shape index (κ3) is 4.66. The van der Waals surface area contributed by atoms with Crippen molar-refractivity contribution in [2.24, 2.45) is 0 Å². The molecule has 0 aliphatic carbocycles. The first-order valence-corrected chi connectivity index (χ1v) is 6.91. The first-order chi connectivity index (χ1) is 9.15. The fourth-order valence-corrected chi connectivity index (χ4v) is 2.35. The van der Waals surface area contributed by atoms with Crippen molar-refractivity contribution in [3.8, 4) is 0 Å². The molecular formula is C13H16Cl2N2O2. The zero-order chi connectivity index (χ0) is 13.7. The Labute approximate surface area is 122 Å². The molecule has 1 saturated heterocycles. The monoisotopic (exact) mass is 302 g/mol. The van der Waals surface area contributed by atoms with Crippen LogP contribution in [0, 0.1) is 0 Å². The molecule has 4 nitrogen and oxygen atoms in total. The summed E-state index contributed by atoms with van der Waals surface area (Å²) in [5.41, 5.74) is 0.862. The number of nitrogens with zero attached hydrogens (tertiary/aromatic N) is 1. The molecule has 1 aromatic rings. The minimum atomic E-state index is -0.00656. The molecule has 19 heavy (non-hydrogen) atoms. The molecule has 0 spiro atoms. The van der Waals surface area contributed by atoms with E-state index in [1.54, 1.807) is 12.1 Å². The predicted octanol–water partition coefficient (Wildman–Crippen LogP) is 1.94. The summed E-state index contributed by atoms with van der Waals surface area (Å²) in [5.74, 6) is -0.00656. The lowest BCUT2D eigenvalue weighted by molar-refractivity contribution is -0.123. The van der Waals surface area contributed by atoms with Crippen LogP contribution >= 0.6 is 23.2 Å². The second kappa shape index (κ2) is 7.10. The fraction of sp³-hybridized carbons (Fsp3) is 0.462. The van der Waals surface area contributed by atoms with Gasteiger partial charge in [-0.1, -0.05) is 29.3 Å². The van der Waals surface area contributed by atoms with Gasteiger partial charge in [0, 0.05) is 29.7 Å². The lowest BCUT2D eigenvalue weighted by Gasteiger charge is -2.25. The van der Waals surface area contributed by atoms with Crippen molar-refractivity contribution in [3.63, 3.8) is 0 Å². The largest absolute Gasteiger partial charge is 0.379 e. The summed E-state index contributed by atoms with van der Waals surface area (Å²) >= 11 is 11.9. The summed E-state index contributed by atoms with van der Waals surface area (Å²) in [4.78, 5) is 13.9. The molecule has 1 N–H and O–H groups in total. The lowest BCUT2D eigenvalue weighted by Crippen LogP contribution is -2.43. The summed E-state index contributed by atoms with van der Waals surface area (Å²) in [6.07, 6.45) is 0. The summed E-state index contributed by atoms with van der Waals surface area (Å²) in [5, 5.41) is 4.02. The minimum absolute atomic E-state index is 0.00656. The molecule has 1 aliphatic rings. The number of nitrogens with one attached hydrogen (secondary N) is 1. The van der Waals surface area contributed by atoms with Crippen LogP contribution in [-0.2, 0) is 16.1 Å². The minimum Gasteiger partial charge on any atom is -0.379 e. The molecule has 0 radical (unpaired) electrons. The number of halogens is 2. The van der Waals surface area contributed by atoms with Crippen LogP contribution in [0.25, 0.3) is 0 Å². The molecule has 0 saturated carbocycles. The lowest BCUT2D eigenvalue weighted by atomic mass is 10.2. The molecule has 0 bridgehead atoms. The second-order valence-electron chi connectivity index (χ2n) is 4.40. The first kappa shape index (κ1) is 14.6. The van der Waals surface area contributed by atoms with E-state index in [0.717, 1.165) is 18.7 Å². The SMILES string of the molecule is O=C(CN1CCOCC1)NCc1ccc(Cl)cc1Cl. The summed E-state index contributed by atoms with van der Waals surface area (Å²) in [7, 11) is 0. The second-order valence-corrected chi connectivity index (χ2v) is 5.24. The number of hydrogen-bond donors (Lipinski definition) is 1. The van der Waals surface area contributed by atoms with E-state index in [1.807, 2.05) is 6.07 Å². The highest BCUT2D eigenvalue weighted by Gasteiger charge is 2.14. The van der Waals surface area contributed by atoms with E-state index < -0.39 is 0 Å². The highest BCUT2D eigenvalue weighted by Crippen LogP contribution is 2.20. The van der Waals surface area contributed by atoms with Crippen LogP contribution in [0.3, 0.4) is 0 Å². The Hall–Kier alpha value is -0.810. The van der Waals surface area contributed by atoms with Crippen LogP contribution in [0.4, 0.5) is 0 Å². The molecule has 1 amide bonds. The summed E-state index contributed by atoms with van der Waals surface area (Å²) in [6.45, 7) is 3.80. The molecule has 0 atom stereocenters. The van der Waals surface area contributed by atoms with Crippen molar-refractivity contribution in [2.45, 2.75) is 6.54 Å². The average Bonchev–Trinajstić information content (AvgIpc) is 2.39. The maximum atomic E-state index is 11.8. The molecule has 2 rings (SSSR count). The molecule has 6 heteroatoms. The Morgan fingerprint density at radius 1 is 1.32 bits per heavy atom. The number of rotatable bonds is 4. The van der Waals surface area contributed by atoms with E-state index in [-0.39, 0.29) is 5.91 Å². The smallest absolute Gasteiger partial charge is 0.234 e. The summed E-state index contributed by atoms with van der Waals surface area (Å²) in [6, 6.07) is 5.25. The Morgan fingerprint density at radius 3 is 2.74 bits per heavy atom.